The summed E-state index contributed by atoms with van der Waals surface area (Å²) in [5, 5.41) is 2.94. The van der Waals surface area contributed by atoms with Crippen molar-refractivity contribution in [3.05, 3.63) is 95.7 Å². The van der Waals surface area contributed by atoms with Crippen LogP contribution in [0.1, 0.15) is 21.5 Å². The molecule has 0 saturated carbocycles. The van der Waals surface area contributed by atoms with Gasteiger partial charge in [0.15, 0.2) is 5.82 Å². The third kappa shape index (κ3) is 5.10. The maximum absolute atomic E-state index is 12.6. The number of carbonyl (C=O) groups is 1. The van der Waals surface area contributed by atoms with Crippen LogP contribution in [0.5, 0.6) is 17.4 Å². The smallest absolute Gasteiger partial charge is 0.255 e. The fraction of sp³-hybridized carbons (Fsp3) is 0.115. The summed E-state index contributed by atoms with van der Waals surface area (Å²) in [5.74, 6) is 2.17. The minimum Gasteiger partial charge on any atom is -0.497 e. The van der Waals surface area contributed by atoms with Gasteiger partial charge in [-0.2, -0.15) is 4.98 Å². The molecule has 160 valence electrons. The molecule has 0 aliphatic carbocycles. The van der Waals surface area contributed by atoms with E-state index in [9.17, 15) is 4.79 Å². The SMILES string of the molecule is COc1ccc(Oc2ccnc(-c3ccc(C(=O)Nc4cc(C)cc(C)c4)cc3)n2)cc1. The summed E-state index contributed by atoms with van der Waals surface area (Å²) >= 11 is 0. The summed E-state index contributed by atoms with van der Waals surface area (Å²) in [6.07, 6.45) is 1.64. The van der Waals surface area contributed by atoms with Crippen LogP contribution in [0, 0.1) is 13.8 Å². The van der Waals surface area contributed by atoms with Crippen LogP contribution in [0.2, 0.25) is 0 Å². The van der Waals surface area contributed by atoms with Crippen LogP contribution < -0.4 is 14.8 Å². The lowest BCUT2D eigenvalue weighted by atomic mass is 10.1. The van der Waals surface area contributed by atoms with E-state index in [0.29, 0.717) is 23.0 Å². The zero-order valence-corrected chi connectivity index (χ0v) is 18.1. The number of benzene rings is 3. The van der Waals surface area contributed by atoms with Crippen LogP contribution in [-0.4, -0.2) is 23.0 Å². The molecule has 3 aromatic carbocycles. The highest BCUT2D eigenvalue weighted by atomic mass is 16.5. The summed E-state index contributed by atoms with van der Waals surface area (Å²) in [6.45, 7) is 4.01. The van der Waals surface area contributed by atoms with Gasteiger partial charge in [-0.25, -0.2) is 4.98 Å². The molecule has 0 unspecified atom stereocenters. The van der Waals surface area contributed by atoms with Crippen molar-refractivity contribution >= 4 is 11.6 Å². The van der Waals surface area contributed by atoms with Crippen molar-refractivity contribution in [1.82, 2.24) is 9.97 Å². The van der Waals surface area contributed by atoms with E-state index >= 15 is 0 Å². The number of nitrogens with one attached hydrogen (secondary N) is 1. The van der Waals surface area contributed by atoms with Gasteiger partial charge in [-0.1, -0.05) is 18.2 Å². The number of rotatable bonds is 6. The van der Waals surface area contributed by atoms with Crippen LogP contribution in [0.4, 0.5) is 5.69 Å². The Bertz CT molecular complexity index is 1220. The number of hydrogen-bond acceptors (Lipinski definition) is 5. The van der Waals surface area contributed by atoms with Crippen molar-refractivity contribution in [2.24, 2.45) is 0 Å². The lowest BCUT2D eigenvalue weighted by Crippen LogP contribution is -2.12. The minimum absolute atomic E-state index is 0.168. The summed E-state index contributed by atoms with van der Waals surface area (Å²) in [5.41, 5.74) is 4.32. The highest BCUT2D eigenvalue weighted by molar-refractivity contribution is 6.04. The first-order chi connectivity index (χ1) is 15.5. The molecular formula is C26H23N3O3. The van der Waals surface area contributed by atoms with Crippen molar-refractivity contribution in [3.63, 3.8) is 0 Å². The largest absolute Gasteiger partial charge is 0.497 e. The number of aryl methyl sites for hydroxylation is 2. The summed E-state index contributed by atoms with van der Waals surface area (Å²) in [4.78, 5) is 21.4. The Balaban J connectivity index is 1.47. The maximum Gasteiger partial charge on any atom is 0.255 e. The molecule has 1 amide bonds. The average Bonchev–Trinajstić information content (AvgIpc) is 2.79. The van der Waals surface area contributed by atoms with E-state index in [-0.39, 0.29) is 5.91 Å². The minimum atomic E-state index is -0.168. The summed E-state index contributed by atoms with van der Waals surface area (Å²) in [7, 11) is 1.62. The van der Waals surface area contributed by atoms with Gasteiger partial charge in [0.1, 0.15) is 11.5 Å². The second-order valence-corrected chi connectivity index (χ2v) is 7.40. The third-order valence-corrected chi connectivity index (χ3v) is 4.80. The quantitative estimate of drug-likeness (QED) is 0.422. The Kier molecular flexibility index (Phi) is 6.12. The first kappa shape index (κ1) is 21.1. The zero-order valence-electron chi connectivity index (χ0n) is 18.1. The number of nitrogens with zero attached hydrogens (tertiary/aromatic N) is 2. The number of anilines is 1. The van der Waals surface area contributed by atoms with Crippen molar-refractivity contribution in [1.29, 1.82) is 0 Å². The molecule has 0 radical (unpaired) electrons. The first-order valence-corrected chi connectivity index (χ1v) is 10.2. The molecule has 4 rings (SSSR count). The molecule has 0 bridgehead atoms. The van der Waals surface area contributed by atoms with E-state index in [4.69, 9.17) is 9.47 Å². The van der Waals surface area contributed by atoms with E-state index in [1.165, 1.54) is 0 Å². The predicted molar refractivity (Wildman–Crippen MR) is 124 cm³/mol. The molecule has 0 fully saturated rings. The highest BCUT2D eigenvalue weighted by Gasteiger charge is 2.09. The molecule has 32 heavy (non-hydrogen) atoms. The van der Waals surface area contributed by atoms with Gasteiger partial charge in [-0.3, -0.25) is 4.79 Å². The molecule has 6 heteroatoms. The van der Waals surface area contributed by atoms with Crippen molar-refractivity contribution in [3.8, 4) is 28.8 Å². The molecule has 0 aliphatic rings. The molecule has 0 atom stereocenters. The van der Waals surface area contributed by atoms with Gasteiger partial charge in [0, 0.05) is 29.1 Å². The van der Waals surface area contributed by atoms with Gasteiger partial charge in [-0.15, -0.1) is 0 Å². The molecular weight excluding hydrogens is 402 g/mol. The fourth-order valence-electron chi connectivity index (χ4n) is 3.32. The van der Waals surface area contributed by atoms with E-state index < -0.39 is 0 Å². The molecule has 6 nitrogen and oxygen atoms in total. The second kappa shape index (κ2) is 9.31. The lowest BCUT2D eigenvalue weighted by molar-refractivity contribution is 0.102. The summed E-state index contributed by atoms with van der Waals surface area (Å²) < 4.78 is 11.0. The number of amides is 1. The van der Waals surface area contributed by atoms with Crippen LogP contribution in [0.15, 0.2) is 79.0 Å². The van der Waals surface area contributed by atoms with Gasteiger partial charge >= 0.3 is 0 Å². The van der Waals surface area contributed by atoms with Gasteiger partial charge < -0.3 is 14.8 Å². The fourth-order valence-corrected chi connectivity index (χ4v) is 3.32. The molecule has 0 aliphatic heterocycles. The number of hydrogen-bond donors (Lipinski definition) is 1. The van der Waals surface area contributed by atoms with Crippen LogP contribution >= 0.6 is 0 Å². The Hall–Kier alpha value is -4.19. The number of carbonyl (C=O) groups excluding carboxylic acids is 1. The Morgan fingerprint density at radius 1 is 0.844 bits per heavy atom. The van der Waals surface area contributed by atoms with Crippen LogP contribution in [0.3, 0.4) is 0 Å². The number of aromatic nitrogens is 2. The average molecular weight is 425 g/mol. The predicted octanol–water partition coefficient (Wildman–Crippen LogP) is 5.81. The van der Waals surface area contributed by atoms with E-state index in [0.717, 1.165) is 28.1 Å². The van der Waals surface area contributed by atoms with Crippen LogP contribution in [0.25, 0.3) is 11.4 Å². The number of ether oxygens (including phenoxy) is 2. The maximum atomic E-state index is 12.6. The standard InChI is InChI=1S/C26H23N3O3/c1-17-14-18(2)16-21(15-17)28-26(30)20-6-4-19(5-7-20)25-27-13-12-24(29-25)32-23-10-8-22(31-3)9-11-23/h4-16H,1-3H3,(H,28,30). The molecule has 1 heterocycles. The van der Waals surface area contributed by atoms with Gasteiger partial charge in [0.2, 0.25) is 5.88 Å². The summed E-state index contributed by atoms with van der Waals surface area (Å²) in [6, 6.07) is 22.1. The van der Waals surface area contributed by atoms with Gasteiger partial charge in [0.25, 0.3) is 5.91 Å². The van der Waals surface area contributed by atoms with Crippen molar-refractivity contribution < 1.29 is 14.3 Å². The zero-order chi connectivity index (χ0) is 22.5. The van der Waals surface area contributed by atoms with E-state index in [1.54, 1.807) is 31.5 Å². The monoisotopic (exact) mass is 425 g/mol. The molecule has 0 saturated heterocycles. The molecule has 4 aromatic rings. The Labute approximate surface area is 186 Å². The normalized spacial score (nSPS) is 10.5. The second-order valence-electron chi connectivity index (χ2n) is 7.40. The van der Waals surface area contributed by atoms with Crippen molar-refractivity contribution in [2.45, 2.75) is 13.8 Å². The van der Waals surface area contributed by atoms with Crippen LogP contribution in [-0.2, 0) is 0 Å². The molecule has 0 spiro atoms. The van der Waals surface area contributed by atoms with Crippen molar-refractivity contribution in [2.75, 3.05) is 12.4 Å². The number of methoxy groups -OCH3 is 1. The Morgan fingerprint density at radius 2 is 1.50 bits per heavy atom. The van der Waals surface area contributed by atoms with E-state index in [2.05, 4.69) is 21.4 Å². The Morgan fingerprint density at radius 3 is 2.16 bits per heavy atom. The van der Waals surface area contributed by atoms with Gasteiger partial charge in [0.05, 0.1) is 7.11 Å². The highest BCUT2D eigenvalue weighted by Crippen LogP contribution is 2.24. The first-order valence-electron chi connectivity index (χ1n) is 10.2. The van der Waals surface area contributed by atoms with Gasteiger partial charge in [-0.05, 0) is 73.5 Å². The lowest BCUT2D eigenvalue weighted by Gasteiger charge is -2.09. The third-order valence-electron chi connectivity index (χ3n) is 4.80. The molecule has 1 aromatic heterocycles. The van der Waals surface area contributed by atoms with E-state index in [1.807, 2.05) is 62.4 Å². The molecule has 1 N–H and O–H groups in total. The topological polar surface area (TPSA) is 73.3 Å².